The van der Waals surface area contributed by atoms with Crippen LogP contribution in [-0.2, 0) is 6.42 Å². The minimum atomic E-state index is -0.0116. The van der Waals surface area contributed by atoms with E-state index in [1.165, 1.54) is 0 Å². The summed E-state index contributed by atoms with van der Waals surface area (Å²) in [6.07, 6.45) is 1.96. The van der Waals surface area contributed by atoms with Crippen molar-refractivity contribution < 1.29 is 10.2 Å². The number of hydrogen-bond acceptors (Lipinski definition) is 3. The van der Waals surface area contributed by atoms with Crippen molar-refractivity contribution in [1.29, 1.82) is 0 Å². The molecule has 1 aromatic carbocycles. The Morgan fingerprint density at radius 1 is 1.33 bits per heavy atom. The van der Waals surface area contributed by atoms with Crippen LogP contribution < -0.4 is 0 Å². The third-order valence-electron chi connectivity index (χ3n) is 3.25. The summed E-state index contributed by atoms with van der Waals surface area (Å²) >= 11 is 0. The van der Waals surface area contributed by atoms with Gasteiger partial charge in [0.25, 0.3) is 0 Å². The third-order valence-corrected chi connectivity index (χ3v) is 3.25. The van der Waals surface area contributed by atoms with Crippen LogP contribution in [-0.4, -0.2) is 28.7 Å². The Labute approximate surface area is 90.0 Å². The van der Waals surface area contributed by atoms with Crippen LogP contribution in [0, 0.1) is 0 Å². The average molecular weight is 207 g/mol. The van der Waals surface area contributed by atoms with Crippen molar-refractivity contribution >= 4 is 0 Å². The molecule has 0 fully saturated rings. The molecule has 0 radical (unpaired) electrons. The molecule has 2 N–H and O–H groups in total. The van der Waals surface area contributed by atoms with E-state index in [4.69, 9.17) is 0 Å². The quantitative estimate of drug-likeness (QED) is 0.692. The van der Waals surface area contributed by atoms with Gasteiger partial charge in [0.15, 0.2) is 11.5 Å². The van der Waals surface area contributed by atoms with Gasteiger partial charge in [-0.05, 0) is 43.1 Å². The summed E-state index contributed by atoms with van der Waals surface area (Å²) in [6, 6.07) is 3.76. The van der Waals surface area contributed by atoms with Crippen LogP contribution in [0.25, 0.3) is 0 Å². The lowest BCUT2D eigenvalue weighted by atomic mass is 9.91. The van der Waals surface area contributed by atoms with Gasteiger partial charge in [-0.1, -0.05) is 6.92 Å². The fourth-order valence-corrected chi connectivity index (χ4v) is 2.38. The van der Waals surface area contributed by atoms with Crippen molar-refractivity contribution in [3.05, 3.63) is 23.3 Å². The van der Waals surface area contributed by atoms with Crippen LogP contribution >= 0.6 is 0 Å². The number of fused-ring (bicyclic) bond motifs is 1. The van der Waals surface area contributed by atoms with Gasteiger partial charge in [-0.2, -0.15) is 0 Å². The summed E-state index contributed by atoms with van der Waals surface area (Å²) in [5.74, 6) is -0.0179. The lowest BCUT2D eigenvalue weighted by Crippen LogP contribution is -2.31. The van der Waals surface area contributed by atoms with Gasteiger partial charge in [-0.15, -0.1) is 0 Å². The van der Waals surface area contributed by atoms with Crippen LogP contribution in [0.4, 0.5) is 0 Å². The maximum absolute atomic E-state index is 9.51. The highest BCUT2D eigenvalue weighted by Crippen LogP contribution is 2.37. The first-order chi connectivity index (χ1) is 7.13. The minimum absolute atomic E-state index is 0.00634. The Morgan fingerprint density at radius 3 is 2.67 bits per heavy atom. The summed E-state index contributed by atoms with van der Waals surface area (Å²) < 4.78 is 0. The van der Waals surface area contributed by atoms with Gasteiger partial charge in [0.05, 0.1) is 0 Å². The fourth-order valence-electron chi connectivity index (χ4n) is 2.38. The highest BCUT2D eigenvalue weighted by Gasteiger charge is 2.24. The highest BCUT2D eigenvalue weighted by molar-refractivity contribution is 5.47. The molecule has 0 saturated heterocycles. The van der Waals surface area contributed by atoms with E-state index in [1.807, 2.05) is 0 Å². The number of aromatic hydroxyl groups is 2. The molecule has 15 heavy (non-hydrogen) atoms. The second-order valence-electron chi connectivity index (χ2n) is 4.19. The predicted molar refractivity (Wildman–Crippen MR) is 59.1 cm³/mol. The van der Waals surface area contributed by atoms with E-state index in [1.54, 1.807) is 12.1 Å². The van der Waals surface area contributed by atoms with Crippen molar-refractivity contribution in [3.63, 3.8) is 0 Å². The van der Waals surface area contributed by atoms with Crippen molar-refractivity contribution in [1.82, 2.24) is 4.90 Å². The second-order valence-corrected chi connectivity index (χ2v) is 4.19. The van der Waals surface area contributed by atoms with Crippen molar-refractivity contribution in [2.75, 3.05) is 13.6 Å². The molecule has 0 aromatic heterocycles. The van der Waals surface area contributed by atoms with E-state index >= 15 is 0 Å². The van der Waals surface area contributed by atoms with Crippen LogP contribution in [0.2, 0.25) is 0 Å². The number of benzene rings is 1. The van der Waals surface area contributed by atoms with Gasteiger partial charge < -0.3 is 10.2 Å². The smallest absolute Gasteiger partial charge is 0.157 e. The average Bonchev–Trinajstić information content (AvgIpc) is 2.21. The predicted octanol–water partition coefficient (Wildman–Crippen LogP) is 2.04. The third kappa shape index (κ3) is 1.67. The van der Waals surface area contributed by atoms with Gasteiger partial charge in [-0.3, -0.25) is 4.90 Å². The zero-order valence-corrected chi connectivity index (χ0v) is 9.20. The summed E-state index contributed by atoms with van der Waals surface area (Å²) in [7, 11) is 2.10. The van der Waals surface area contributed by atoms with E-state index in [9.17, 15) is 10.2 Å². The molecule has 0 spiro atoms. The molecule has 0 aliphatic carbocycles. The van der Waals surface area contributed by atoms with Crippen molar-refractivity contribution in [2.24, 2.45) is 0 Å². The van der Waals surface area contributed by atoms with E-state index in [-0.39, 0.29) is 11.5 Å². The monoisotopic (exact) mass is 207 g/mol. The lowest BCUT2D eigenvalue weighted by molar-refractivity contribution is 0.224. The largest absolute Gasteiger partial charge is 0.504 e. The SMILES string of the molecule is CCC1c2cc(O)c(O)cc2CCN1C. The minimum Gasteiger partial charge on any atom is -0.504 e. The number of phenolic OH excluding ortho intramolecular Hbond substituents is 2. The summed E-state index contributed by atoms with van der Waals surface area (Å²) in [4.78, 5) is 2.29. The Hall–Kier alpha value is -1.22. The van der Waals surface area contributed by atoms with Crippen LogP contribution in [0.3, 0.4) is 0 Å². The number of likely N-dealkylation sites (N-methyl/N-ethyl adjacent to an activating group) is 1. The number of phenols is 2. The molecule has 0 amide bonds. The number of nitrogens with zero attached hydrogens (tertiary/aromatic N) is 1. The molecular formula is C12H17NO2. The molecule has 0 saturated carbocycles. The van der Waals surface area contributed by atoms with E-state index in [0.717, 1.165) is 30.5 Å². The summed E-state index contributed by atoms with van der Waals surface area (Å²) in [5, 5.41) is 18.9. The molecule has 3 heteroatoms. The Bertz CT molecular complexity index is 376. The molecule has 82 valence electrons. The fraction of sp³-hybridized carbons (Fsp3) is 0.500. The number of rotatable bonds is 1. The Balaban J connectivity index is 2.48. The molecule has 2 rings (SSSR count). The topological polar surface area (TPSA) is 43.7 Å². The van der Waals surface area contributed by atoms with Crippen LogP contribution in [0.15, 0.2) is 12.1 Å². The standard InChI is InChI=1S/C12H17NO2/c1-3-10-9-7-12(15)11(14)6-8(9)4-5-13(10)2/h6-7,10,14-15H,3-5H2,1-2H3. The molecule has 1 aromatic rings. The van der Waals surface area contributed by atoms with E-state index in [0.29, 0.717) is 6.04 Å². The first-order valence-corrected chi connectivity index (χ1v) is 5.38. The zero-order chi connectivity index (χ0) is 11.0. The molecule has 0 bridgehead atoms. The van der Waals surface area contributed by atoms with Crippen molar-refractivity contribution in [2.45, 2.75) is 25.8 Å². The molecule has 1 unspecified atom stereocenters. The van der Waals surface area contributed by atoms with E-state index in [2.05, 4.69) is 18.9 Å². The Kier molecular flexibility index (Phi) is 2.57. The summed E-state index contributed by atoms with van der Waals surface area (Å²) in [6.45, 7) is 3.15. The van der Waals surface area contributed by atoms with Gasteiger partial charge in [0, 0.05) is 12.6 Å². The van der Waals surface area contributed by atoms with Crippen LogP contribution in [0.1, 0.15) is 30.5 Å². The molecular weight excluding hydrogens is 190 g/mol. The van der Waals surface area contributed by atoms with E-state index < -0.39 is 0 Å². The molecule has 1 aliphatic heterocycles. The van der Waals surface area contributed by atoms with Gasteiger partial charge in [-0.25, -0.2) is 0 Å². The molecule has 3 nitrogen and oxygen atoms in total. The molecule has 1 aliphatic rings. The Morgan fingerprint density at radius 2 is 2.00 bits per heavy atom. The maximum Gasteiger partial charge on any atom is 0.157 e. The molecule has 1 heterocycles. The van der Waals surface area contributed by atoms with Gasteiger partial charge >= 0.3 is 0 Å². The highest BCUT2D eigenvalue weighted by atomic mass is 16.3. The first-order valence-electron chi connectivity index (χ1n) is 5.38. The van der Waals surface area contributed by atoms with Crippen molar-refractivity contribution in [3.8, 4) is 11.5 Å². The summed E-state index contributed by atoms with van der Waals surface area (Å²) in [5.41, 5.74) is 2.32. The zero-order valence-electron chi connectivity index (χ0n) is 9.20. The number of hydrogen-bond donors (Lipinski definition) is 2. The van der Waals surface area contributed by atoms with Crippen LogP contribution in [0.5, 0.6) is 11.5 Å². The first kappa shape index (κ1) is 10.3. The normalized spacial score (nSPS) is 21.3. The van der Waals surface area contributed by atoms with Gasteiger partial charge in [0.2, 0.25) is 0 Å². The second kappa shape index (κ2) is 3.74. The maximum atomic E-state index is 9.51. The lowest BCUT2D eigenvalue weighted by Gasteiger charge is -2.34. The molecule has 1 atom stereocenters. The van der Waals surface area contributed by atoms with Gasteiger partial charge in [0.1, 0.15) is 0 Å².